The van der Waals surface area contributed by atoms with Crippen molar-refractivity contribution in [3.8, 4) is 0 Å². The SMILES string of the molecule is Cc1ncsc1CNC(=O)[C@@H]1CC[C@H](CN)O1. The lowest BCUT2D eigenvalue weighted by molar-refractivity contribution is -0.132. The van der Waals surface area contributed by atoms with Crippen LogP contribution in [0.25, 0.3) is 0 Å². The number of thiazole rings is 1. The Morgan fingerprint density at radius 1 is 1.71 bits per heavy atom. The summed E-state index contributed by atoms with van der Waals surface area (Å²) in [5, 5.41) is 2.88. The fourth-order valence-electron chi connectivity index (χ4n) is 1.85. The van der Waals surface area contributed by atoms with Gasteiger partial charge in [-0.25, -0.2) is 4.98 Å². The minimum atomic E-state index is -0.336. The Morgan fingerprint density at radius 2 is 2.53 bits per heavy atom. The highest BCUT2D eigenvalue weighted by Gasteiger charge is 2.29. The van der Waals surface area contributed by atoms with Crippen LogP contribution in [0.3, 0.4) is 0 Å². The third-order valence-corrected chi connectivity index (χ3v) is 3.87. The Bertz CT molecular complexity index is 394. The van der Waals surface area contributed by atoms with Crippen LogP contribution in [0.15, 0.2) is 5.51 Å². The molecule has 1 fully saturated rings. The summed E-state index contributed by atoms with van der Waals surface area (Å²) < 4.78 is 5.52. The number of rotatable bonds is 4. The molecule has 1 aliphatic heterocycles. The highest BCUT2D eigenvalue weighted by molar-refractivity contribution is 7.09. The number of aryl methyl sites for hydroxylation is 1. The van der Waals surface area contributed by atoms with Crippen molar-refractivity contribution < 1.29 is 9.53 Å². The minimum absolute atomic E-state index is 0.0379. The molecule has 2 rings (SSSR count). The summed E-state index contributed by atoms with van der Waals surface area (Å²) in [6.45, 7) is 2.95. The molecule has 0 unspecified atom stereocenters. The molecule has 0 aliphatic carbocycles. The lowest BCUT2D eigenvalue weighted by Gasteiger charge is -2.12. The minimum Gasteiger partial charge on any atom is -0.364 e. The molecule has 1 aromatic heterocycles. The van der Waals surface area contributed by atoms with Gasteiger partial charge in [0.15, 0.2) is 0 Å². The summed E-state index contributed by atoms with van der Waals surface area (Å²) >= 11 is 1.55. The van der Waals surface area contributed by atoms with E-state index in [1.54, 1.807) is 16.8 Å². The number of nitrogens with one attached hydrogen (secondary N) is 1. The van der Waals surface area contributed by atoms with Crippen molar-refractivity contribution in [2.45, 2.75) is 38.5 Å². The van der Waals surface area contributed by atoms with E-state index < -0.39 is 0 Å². The smallest absolute Gasteiger partial charge is 0.249 e. The first kappa shape index (κ1) is 12.5. The Morgan fingerprint density at radius 3 is 3.12 bits per heavy atom. The fourth-order valence-corrected chi connectivity index (χ4v) is 2.57. The fraction of sp³-hybridized carbons (Fsp3) is 0.636. The molecule has 3 N–H and O–H groups in total. The molecule has 0 radical (unpaired) electrons. The molecule has 2 atom stereocenters. The van der Waals surface area contributed by atoms with Gasteiger partial charge in [-0.1, -0.05) is 0 Å². The summed E-state index contributed by atoms with van der Waals surface area (Å²) in [5.41, 5.74) is 8.26. The van der Waals surface area contributed by atoms with Gasteiger partial charge in [-0.2, -0.15) is 0 Å². The van der Waals surface area contributed by atoms with Gasteiger partial charge in [-0.15, -0.1) is 11.3 Å². The van der Waals surface area contributed by atoms with Crippen molar-refractivity contribution in [2.24, 2.45) is 5.73 Å². The number of carbonyl (C=O) groups is 1. The molecule has 1 aromatic rings. The third kappa shape index (κ3) is 3.02. The Hall–Kier alpha value is -0.980. The molecular weight excluding hydrogens is 238 g/mol. The summed E-state index contributed by atoms with van der Waals surface area (Å²) in [4.78, 5) is 17.0. The molecule has 5 nitrogen and oxygen atoms in total. The monoisotopic (exact) mass is 255 g/mol. The molecular formula is C11H17N3O2S. The van der Waals surface area contributed by atoms with E-state index in [4.69, 9.17) is 10.5 Å². The summed E-state index contributed by atoms with van der Waals surface area (Å²) in [6.07, 6.45) is 1.33. The van der Waals surface area contributed by atoms with E-state index in [2.05, 4.69) is 10.3 Å². The molecule has 6 heteroatoms. The number of nitrogens with zero attached hydrogens (tertiary/aromatic N) is 1. The van der Waals surface area contributed by atoms with Crippen molar-refractivity contribution in [3.63, 3.8) is 0 Å². The van der Waals surface area contributed by atoms with Crippen LogP contribution in [-0.4, -0.2) is 29.6 Å². The molecule has 17 heavy (non-hydrogen) atoms. The van der Waals surface area contributed by atoms with Gasteiger partial charge in [0, 0.05) is 11.4 Å². The summed E-state index contributed by atoms with van der Waals surface area (Å²) in [6, 6.07) is 0. The van der Waals surface area contributed by atoms with Gasteiger partial charge in [0.1, 0.15) is 6.10 Å². The second kappa shape index (κ2) is 5.57. The van der Waals surface area contributed by atoms with Crippen LogP contribution in [0.5, 0.6) is 0 Å². The molecule has 1 amide bonds. The number of nitrogens with two attached hydrogens (primary N) is 1. The first-order chi connectivity index (χ1) is 8.20. The van der Waals surface area contributed by atoms with E-state index in [-0.39, 0.29) is 18.1 Å². The number of hydrogen-bond acceptors (Lipinski definition) is 5. The third-order valence-electron chi connectivity index (χ3n) is 2.93. The van der Waals surface area contributed by atoms with Crippen LogP contribution in [0.2, 0.25) is 0 Å². The molecule has 2 heterocycles. The van der Waals surface area contributed by atoms with Gasteiger partial charge >= 0.3 is 0 Å². The molecule has 0 spiro atoms. The van der Waals surface area contributed by atoms with Gasteiger partial charge in [-0.3, -0.25) is 4.79 Å². The zero-order valence-corrected chi connectivity index (χ0v) is 10.6. The lowest BCUT2D eigenvalue weighted by Crippen LogP contribution is -2.35. The number of hydrogen-bond donors (Lipinski definition) is 2. The van der Waals surface area contributed by atoms with Crippen LogP contribution < -0.4 is 11.1 Å². The first-order valence-corrected chi connectivity index (χ1v) is 6.61. The van der Waals surface area contributed by atoms with Crippen LogP contribution in [0.1, 0.15) is 23.4 Å². The van der Waals surface area contributed by atoms with Gasteiger partial charge in [0.25, 0.3) is 0 Å². The quantitative estimate of drug-likeness (QED) is 0.825. The Labute approximate surface area is 104 Å². The molecule has 1 saturated heterocycles. The second-order valence-electron chi connectivity index (χ2n) is 4.14. The van der Waals surface area contributed by atoms with Crippen molar-refractivity contribution in [2.75, 3.05) is 6.54 Å². The number of ether oxygens (including phenoxy) is 1. The van der Waals surface area contributed by atoms with E-state index in [9.17, 15) is 4.79 Å². The van der Waals surface area contributed by atoms with E-state index in [1.807, 2.05) is 6.92 Å². The maximum Gasteiger partial charge on any atom is 0.249 e. The van der Waals surface area contributed by atoms with Crippen LogP contribution >= 0.6 is 11.3 Å². The largest absolute Gasteiger partial charge is 0.364 e. The maximum absolute atomic E-state index is 11.8. The van der Waals surface area contributed by atoms with Gasteiger partial charge in [0.05, 0.1) is 23.9 Å². The van der Waals surface area contributed by atoms with Crippen molar-refractivity contribution in [3.05, 3.63) is 16.1 Å². The van der Waals surface area contributed by atoms with Crippen LogP contribution in [0, 0.1) is 6.92 Å². The normalized spacial score (nSPS) is 23.9. The number of aromatic nitrogens is 1. The maximum atomic E-state index is 11.8. The van der Waals surface area contributed by atoms with Crippen LogP contribution in [-0.2, 0) is 16.1 Å². The molecule has 0 aromatic carbocycles. The topological polar surface area (TPSA) is 77.2 Å². The Balaban J connectivity index is 1.80. The molecule has 0 saturated carbocycles. The lowest BCUT2D eigenvalue weighted by atomic mass is 10.2. The molecule has 94 valence electrons. The zero-order valence-electron chi connectivity index (χ0n) is 9.81. The zero-order chi connectivity index (χ0) is 12.3. The van der Waals surface area contributed by atoms with E-state index in [0.29, 0.717) is 13.1 Å². The van der Waals surface area contributed by atoms with Gasteiger partial charge in [-0.05, 0) is 19.8 Å². The van der Waals surface area contributed by atoms with Gasteiger partial charge < -0.3 is 15.8 Å². The Kier molecular flexibility index (Phi) is 4.09. The standard InChI is InChI=1S/C11H17N3O2S/c1-7-10(17-6-14-7)5-13-11(15)9-3-2-8(4-12)16-9/h6,8-9H,2-5,12H2,1H3,(H,13,15)/t8-,9+/m1/s1. The van der Waals surface area contributed by atoms with Crippen molar-refractivity contribution >= 4 is 17.2 Å². The number of amides is 1. The average Bonchev–Trinajstić information content (AvgIpc) is 2.94. The summed E-state index contributed by atoms with van der Waals surface area (Å²) in [5.74, 6) is -0.0475. The predicted molar refractivity (Wildman–Crippen MR) is 65.6 cm³/mol. The van der Waals surface area contributed by atoms with Gasteiger partial charge in [0.2, 0.25) is 5.91 Å². The first-order valence-electron chi connectivity index (χ1n) is 5.73. The van der Waals surface area contributed by atoms with Crippen molar-refractivity contribution in [1.82, 2.24) is 10.3 Å². The van der Waals surface area contributed by atoms with E-state index >= 15 is 0 Å². The van der Waals surface area contributed by atoms with E-state index in [0.717, 1.165) is 23.4 Å². The second-order valence-corrected chi connectivity index (χ2v) is 5.08. The average molecular weight is 255 g/mol. The van der Waals surface area contributed by atoms with E-state index in [1.165, 1.54) is 0 Å². The van der Waals surface area contributed by atoms with Crippen molar-refractivity contribution in [1.29, 1.82) is 0 Å². The molecule has 0 bridgehead atoms. The number of carbonyl (C=O) groups excluding carboxylic acids is 1. The highest BCUT2D eigenvalue weighted by atomic mass is 32.1. The summed E-state index contributed by atoms with van der Waals surface area (Å²) in [7, 11) is 0. The predicted octanol–water partition coefficient (Wildman–Crippen LogP) is 0.574. The molecule has 1 aliphatic rings. The highest BCUT2D eigenvalue weighted by Crippen LogP contribution is 2.19. The van der Waals surface area contributed by atoms with Crippen LogP contribution in [0.4, 0.5) is 0 Å².